The summed E-state index contributed by atoms with van der Waals surface area (Å²) in [7, 11) is 0. The van der Waals surface area contributed by atoms with Gasteiger partial charge in [0.1, 0.15) is 5.78 Å². The standard InChI is InChI=1S/C8H15NO2/c1-6(10)5-7-8(11)3-2-4-9-7/h7-9,11H,2-5H2,1H3/t7-,8+/m1/s1. The van der Waals surface area contributed by atoms with E-state index in [2.05, 4.69) is 5.32 Å². The number of nitrogens with one attached hydrogen (secondary N) is 1. The summed E-state index contributed by atoms with van der Waals surface area (Å²) in [6, 6.07) is 0.00116. The lowest BCUT2D eigenvalue weighted by atomic mass is 9.97. The van der Waals surface area contributed by atoms with Crippen LogP contribution in [0.4, 0.5) is 0 Å². The van der Waals surface area contributed by atoms with Crippen molar-refractivity contribution in [3.63, 3.8) is 0 Å². The van der Waals surface area contributed by atoms with Crippen molar-refractivity contribution in [3.8, 4) is 0 Å². The second-order valence-corrected chi connectivity index (χ2v) is 3.18. The normalized spacial score (nSPS) is 31.8. The van der Waals surface area contributed by atoms with E-state index in [9.17, 15) is 9.90 Å². The van der Waals surface area contributed by atoms with E-state index in [0.717, 1.165) is 19.4 Å². The maximum atomic E-state index is 10.7. The number of carbonyl (C=O) groups excluding carboxylic acids is 1. The van der Waals surface area contributed by atoms with Crippen molar-refractivity contribution in [2.45, 2.75) is 38.3 Å². The molecule has 0 bridgehead atoms. The average molecular weight is 157 g/mol. The third kappa shape index (κ3) is 2.60. The Balaban J connectivity index is 2.35. The van der Waals surface area contributed by atoms with Crippen molar-refractivity contribution in [1.82, 2.24) is 5.32 Å². The first kappa shape index (κ1) is 8.68. The van der Waals surface area contributed by atoms with Crippen LogP contribution in [0.5, 0.6) is 0 Å². The van der Waals surface area contributed by atoms with Gasteiger partial charge in [0.2, 0.25) is 0 Å². The lowest BCUT2D eigenvalue weighted by Crippen LogP contribution is -2.45. The fourth-order valence-electron chi connectivity index (χ4n) is 1.45. The van der Waals surface area contributed by atoms with Crippen LogP contribution in [0.15, 0.2) is 0 Å². The Labute approximate surface area is 66.8 Å². The van der Waals surface area contributed by atoms with Gasteiger partial charge in [-0.2, -0.15) is 0 Å². The number of hydrogen-bond donors (Lipinski definition) is 2. The molecule has 2 N–H and O–H groups in total. The topological polar surface area (TPSA) is 49.3 Å². The number of Topliss-reactive ketones (excluding diaryl/α,β-unsaturated/α-hetero) is 1. The largest absolute Gasteiger partial charge is 0.391 e. The Morgan fingerprint density at radius 3 is 3.00 bits per heavy atom. The van der Waals surface area contributed by atoms with E-state index < -0.39 is 0 Å². The zero-order valence-corrected chi connectivity index (χ0v) is 6.84. The highest BCUT2D eigenvalue weighted by molar-refractivity contribution is 5.76. The lowest BCUT2D eigenvalue weighted by molar-refractivity contribution is -0.118. The van der Waals surface area contributed by atoms with E-state index in [1.807, 2.05) is 0 Å². The van der Waals surface area contributed by atoms with Crippen LogP contribution in [0.2, 0.25) is 0 Å². The zero-order chi connectivity index (χ0) is 8.27. The molecule has 0 aromatic rings. The molecule has 3 nitrogen and oxygen atoms in total. The van der Waals surface area contributed by atoms with Crippen molar-refractivity contribution in [1.29, 1.82) is 0 Å². The van der Waals surface area contributed by atoms with Crippen LogP contribution >= 0.6 is 0 Å². The van der Waals surface area contributed by atoms with E-state index in [-0.39, 0.29) is 17.9 Å². The summed E-state index contributed by atoms with van der Waals surface area (Å²) < 4.78 is 0. The van der Waals surface area contributed by atoms with Crippen LogP contribution in [0.1, 0.15) is 26.2 Å². The van der Waals surface area contributed by atoms with Gasteiger partial charge in [-0.1, -0.05) is 0 Å². The van der Waals surface area contributed by atoms with Crippen molar-refractivity contribution in [2.75, 3.05) is 6.54 Å². The molecular formula is C8H15NO2. The summed E-state index contributed by atoms with van der Waals surface area (Å²) in [5.74, 6) is 0.142. The summed E-state index contributed by atoms with van der Waals surface area (Å²) in [5, 5.41) is 12.5. The molecule has 0 unspecified atom stereocenters. The number of aliphatic hydroxyl groups is 1. The summed E-state index contributed by atoms with van der Waals surface area (Å²) >= 11 is 0. The smallest absolute Gasteiger partial charge is 0.131 e. The highest BCUT2D eigenvalue weighted by Crippen LogP contribution is 2.11. The van der Waals surface area contributed by atoms with Crippen molar-refractivity contribution in [3.05, 3.63) is 0 Å². The van der Waals surface area contributed by atoms with Gasteiger partial charge in [-0.25, -0.2) is 0 Å². The third-order valence-electron chi connectivity index (χ3n) is 2.06. The number of aliphatic hydroxyl groups excluding tert-OH is 1. The third-order valence-corrected chi connectivity index (χ3v) is 2.06. The minimum atomic E-state index is -0.326. The van der Waals surface area contributed by atoms with Crippen molar-refractivity contribution < 1.29 is 9.90 Å². The summed E-state index contributed by atoms with van der Waals surface area (Å²) in [6.45, 7) is 2.48. The molecule has 2 atom stereocenters. The number of hydrogen-bond acceptors (Lipinski definition) is 3. The molecule has 1 aliphatic rings. The maximum Gasteiger partial charge on any atom is 0.131 e. The van der Waals surface area contributed by atoms with Gasteiger partial charge in [-0.05, 0) is 26.3 Å². The molecule has 11 heavy (non-hydrogen) atoms. The van der Waals surface area contributed by atoms with Gasteiger partial charge >= 0.3 is 0 Å². The van der Waals surface area contributed by atoms with Crippen LogP contribution in [0.25, 0.3) is 0 Å². The summed E-state index contributed by atoms with van der Waals surface area (Å²) in [4.78, 5) is 10.7. The molecule has 1 rings (SSSR count). The summed E-state index contributed by atoms with van der Waals surface area (Å²) in [6.07, 6.45) is 1.97. The first-order chi connectivity index (χ1) is 5.20. The molecule has 1 aliphatic heterocycles. The molecule has 0 spiro atoms. The molecular weight excluding hydrogens is 142 g/mol. The minimum absolute atomic E-state index is 0.00116. The fraction of sp³-hybridized carbons (Fsp3) is 0.875. The monoisotopic (exact) mass is 157 g/mol. The van der Waals surface area contributed by atoms with Gasteiger partial charge in [-0.3, -0.25) is 4.79 Å². The first-order valence-electron chi connectivity index (χ1n) is 4.11. The Kier molecular flexibility index (Phi) is 3.02. The highest BCUT2D eigenvalue weighted by atomic mass is 16.3. The first-order valence-corrected chi connectivity index (χ1v) is 4.11. The summed E-state index contributed by atoms with van der Waals surface area (Å²) in [5.41, 5.74) is 0. The van der Waals surface area contributed by atoms with Crippen LogP contribution in [0.3, 0.4) is 0 Å². The number of rotatable bonds is 2. The SMILES string of the molecule is CC(=O)C[C@H]1NCCC[C@@H]1O. The number of piperidine rings is 1. The Morgan fingerprint density at radius 2 is 2.45 bits per heavy atom. The van der Waals surface area contributed by atoms with Crippen molar-refractivity contribution >= 4 is 5.78 Å². The van der Waals surface area contributed by atoms with E-state index >= 15 is 0 Å². The molecule has 0 saturated carbocycles. The second kappa shape index (κ2) is 3.83. The molecule has 1 saturated heterocycles. The van der Waals surface area contributed by atoms with E-state index in [1.165, 1.54) is 0 Å². The fourth-order valence-corrected chi connectivity index (χ4v) is 1.45. The van der Waals surface area contributed by atoms with E-state index in [1.54, 1.807) is 6.92 Å². The van der Waals surface area contributed by atoms with E-state index in [4.69, 9.17) is 0 Å². The Hall–Kier alpha value is -0.410. The van der Waals surface area contributed by atoms with Crippen molar-refractivity contribution in [2.24, 2.45) is 0 Å². The van der Waals surface area contributed by atoms with Crippen LogP contribution < -0.4 is 5.32 Å². The van der Waals surface area contributed by atoms with Gasteiger partial charge in [-0.15, -0.1) is 0 Å². The average Bonchev–Trinajstić information content (AvgIpc) is 1.93. The molecule has 1 heterocycles. The molecule has 64 valence electrons. The predicted octanol–water partition coefficient (Wildman–Crippen LogP) is 0.0784. The predicted molar refractivity (Wildman–Crippen MR) is 42.3 cm³/mol. The molecule has 0 aliphatic carbocycles. The van der Waals surface area contributed by atoms with Crippen LogP contribution in [0, 0.1) is 0 Å². The maximum absolute atomic E-state index is 10.7. The molecule has 0 aromatic carbocycles. The second-order valence-electron chi connectivity index (χ2n) is 3.18. The van der Waals surface area contributed by atoms with Crippen LogP contribution in [-0.4, -0.2) is 29.6 Å². The van der Waals surface area contributed by atoms with Gasteiger partial charge in [0, 0.05) is 12.5 Å². The molecule has 3 heteroatoms. The molecule has 1 fully saturated rings. The molecule has 0 radical (unpaired) electrons. The minimum Gasteiger partial charge on any atom is -0.391 e. The quantitative estimate of drug-likeness (QED) is 0.596. The number of carbonyl (C=O) groups is 1. The Bertz CT molecular complexity index is 147. The van der Waals surface area contributed by atoms with E-state index in [0.29, 0.717) is 6.42 Å². The van der Waals surface area contributed by atoms with Gasteiger partial charge in [0.25, 0.3) is 0 Å². The lowest BCUT2D eigenvalue weighted by Gasteiger charge is -2.27. The highest BCUT2D eigenvalue weighted by Gasteiger charge is 2.22. The molecule has 0 aromatic heterocycles. The zero-order valence-electron chi connectivity index (χ0n) is 6.84. The van der Waals surface area contributed by atoms with Gasteiger partial charge in [0.15, 0.2) is 0 Å². The van der Waals surface area contributed by atoms with Gasteiger partial charge < -0.3 is 10.4 Å². The Morgan fingerprint density at radius 1 is 1.73 bits per heavy atom. The molecule has 0 amide bonds. The van der Waals surface area contributed by atoms with Crippen LogP contribution in [-0.2, 0) is 4.79 Å². The number of ketones is 1. The van der Waals surface area contributed by atoms with Gasteiger partial charge in [0.05, 0.1) is 6.10 Å².